The van der Waals surface area contributed by atoms with Gasteiger partial charge in [0.15, 0.2) is 0 Å². The molecule has 1 N–H and O–H groups in total. The third-order valence-corrected chi connectivity index (χ3v) is 5.31. The number of benzene rings is 1. The van der Waals surface area contributed by atoms with Crippen molar-refractivity contribution in [1.29, 1.82) is 0 Å². The van der Waals surface area contributed by atoms with Gasteiger partial charge in [-0.05, 0) is 31.2 Å². The van der Waals surface area contributed by atoms with Crippen molar-refractivity contribution < 1.29 is 9.53 Å². The van der Waals surface area contributed by atoms with Gasteiger partial charge in [-0.25, -0.2) is 9.50 Å². The number of amides is 1. The quantitative estimate of drug-likeness (QED) is 0.505. The second-order valence-electron chi connectivity index (χ2n) is 6.27. The number of hydrogen-bond acceptors (Lipinski definition) is 7. The number of likely N-dealkylation sites (N-methyl/N-ethyl adjacent to an activating group) is 1. The van der Waals surface area contributed by atoms with Crippen LogP contribution in [0.1, 0.15) is 6.92 Å². The second-order valence-corrected chi connectivity index (χ2v) is 7.21. The van der Waals surface area contributed by atoms with Gasteiger partial charge in [-0.2, -0.15) is 0 Å². The summed E-state index contributed by atoms with van der Waals surface area (Å²) < 4.78 is 6.93. The molecule has 29 heavy (non-hydrogen) atoms. The number of nitrogens with zero attached hydrogens (tertiary/aromatic N) is 5. The molecule has 4 rings (SSSR count). The van der Waals surface area contributed by atoms with E-state index in [0.29, 0.717) is 18.0 Å². The summed E-state index contributed by atoms with van der Waals surface area (Å²) in [5.74, 6) is 0.574. The lowest BCUT2D eigenvalue weighted by Crippen LogP contribution is -2.33. The summed E-state index contributed by atoms with van der Waals surface area (Å²) in [6.07, 6.45) is 5.37. The van der Waals surface area contributed by atoms with E-state index in [9.17, 15) is 4.79 Å². The van der Waals surface area contributed by atoms with Crippen LogP contribution in [0, 0.1) is 0 Å². The first-order valence-electron chi connectivity index (χ1n) is 9.11. The number of fused-ring (bicyclic) bond motifs is 1. The van der Waals surface area contributed by atoms with Gasteiger partial charge >= 0.3 is 0 Å². The van der Waals surface area contributed by atoms with Crippen molar-refractivity contribution in [3.8, 4) is 17.0 Å². The molecule has 0 bridgehead atoms. The summed E-state index contributed by atoms with van der Waals surface area (Å²) >= 11 is 1.45. The van der Waals surface area contributed by atoms with Crippen LogP contribution < -0.4 is 15.0 Å². The van der Waals surface area contributed by atoms with Crippen LogP contribution >= 0.6 is 11.3 Å². The van der Waals surface area contributed by atoms with Crippen molar-refractivity contribution in [2.75, 3.05) is 30.4 Å². The number of carbonyl (C=O) groups excluding carboxylic acids is 1. The molecule has 0 unspecified atom stereocenters. The topological polar surface area (TPSA) is 84.7 Å². The van der Waals surface area contributed by atoms with Crippen molar-refractivity contribution >= 4 is 33.0 Å². The monoisotopic (exact) mass is 408 g/mol. The molecule has 0 saturated carbocycles. The number of anilines is 2. The van der Waals surface area contributed by atoms with Gasteiger partial charge < -0.3 is 15.0 Å². The molecular weight excluding hydrogens is 388 g/mol. The number of methoxy groups -OCH3 is 1. The van der Waals surface area contributed by atoms with Gasteiger partial charge in [0.05, 0.1) is 25.5 Å². The van der Waals surface area contributed by atoms with E-state index in [1.807, 2.05) is 48.4 Å². The highest BCUT2D eigenvalue weighted by molar-refractivity contribution is 7.20. The molecule has 0 spiro atoms. The van der Waals surface area contributed by atoms with Crippen LogP contribution in [0.3, 0.4) is 0 Å². The highest BCUT2D eigenvalue weighted by Gasteiger charge is 2.17. The van der Waals surface area contributed by atoms with E-state index < -0.39 is 0 Å². The second kappa shape index (κ2) is 8.27. The maximum atomic E-state index is 12.5. The molecule has 0 aliphatic carbocycles. The van der Waals surface area contributed by atoms with E-state index in [1.165, 1.54) is 11.3 Å². The van der Waals surface area contributed by atoms with Crippen molar-refractivity contribution in [1.82, 2.24) is 19.6 Å². The lowest BCUT2D eigenvalue weighted by molar-refractivity contribution is -0.115. The summed E-state index contributed by atoms with van der Waals surface area (Å²) in [4.78, 5) is 23.9. The normalized spacial score (nSPS) is 10.8. The Bertz CT molecular complexity index is 1090. The Morgan fingerprint density at radius 1 is 1.31 bits per heavy atom. The maximum Gasteiger partial charge on any atom is 0.243 e. The highest BCUT2D eigenvalue weighted by atomic mass is 32.1. The Morgan fingerprint density at radius 3 is 2.93 bits per heavy atom. The largest absolute Gasteiger partial charge is 0.497 e. The van der Waals surface area contributed by atoms with E-state index in [1.54, 1.807) is 30.1 Å². The number of aromatic nitrogens is 4. The van der Waals surface area contributed by atoms with E-state index in [0.717, 1.165) is 21.3 Å². The summed E-state index contributed by atoms with van der Waals surface area (Å²) in [6, 6.07) is 11.1. The SMILES string of the molecule is CCN(CC(=O)Nc1cccc(OC)c1)c1nn2cc(-c3cccnc3)nc2s1. The lowest BCUT2D eigenvalue weighted by Gasteiger charge is -2.18. The van der Waals surface area contributed by atoms with Gasteiger partial charge in [0.1, 0.15) is 5.75 Å². The minimum absolute atomic E-state index is 0.121. The van der Waals surface area contributed by atoms with Crippen molar-refractivity contribution in [3.05, 3.63) is 55.0 Å². The standard InChI is InChI=1S/C20H20N6O2S/c1-3-25(13-18(27)22-15-7-4-8-16(10-15)28-2)20-24-26-12-17(23-19(26)29-20)14-6-5-9-21-11-14/h4-12H,3,13H2,1-2H3,(H,22,27). The van der Waals surface area contributed by atoms with Crippen LogP contribution in [0.25, 0.3) is 16.2 Å². The number of pyridine rings is 1. The number of carbonyl (C=O) groups is 1. The van der Waals surface area contributed by atoms with Gasteiger partial charge in [-0.1, -0.05) is 17.4 Å². The van der Waals surface area contributed by atoms with Crippen LogP contribution in [0.2, 0.25) is 0 Å². The summed E-state index contributed by atoms with van der Waals surface area (Å²) in [5, 5.41) is 8.24. The number of nitrogens with one attached hydrogen (secondary N) is 1. The first-order chi connectivity index (χ1) is 14.2. The van der Waals surface area contributed by atoms with Crippen LogP contribution in [0.15, 0.2) is 55.0 Å². The molecule has 1 amide bonds. The Balaban J connectivity index is 1.47. The van der Waals surface area contributed by atoms with E-state index in [2.05, 4.69) is 20.4 Å². The molecule has 0 fully saturated rings. The Kier molecular flexibility index (Phi) is 5.39. The lowest BCUT2D eigenvalue weighted by atomic mass is 10.2. The zero-order chi connectivity index (χ0) is 20.2. The summed E-state index contributed by atoms with van der Waals surface area (Å²) in [6.45, 7) is 2.83. The zero-order valence-electron chi connectivity index (χ0n) is 16.1. The fourth-order valence-electron chi connectivity index (χ4n) is 2.86. The molecule has 3 aromatic heterocycles. The highest BCUT2D eigenvalue weighted by Crippen LogP contribution is 2.26. The predicted octanol–water partition coefficient (Wildman–Crippen LogP) is 3.33. The van der Waals surface area contributed by atoms with Crippen LogP contribution in [0.4, 0.5) is 10.8 Å². The average Bonchev–Trinajstić information content (AvgIpc) is 3.32. The van der Waals surface area contributed by atoms with Crippen LogP contribution in [-0.2, 0) is 4.79 Å². The minimum atomic E-state index is -0.121. The zero-order valence-corrected chi connectivity index (χ0v) is 16.9. The summed E-state index contributed by atoms with van der Waals surface area (Å²) in [5.41, 5.74) is 2.46. The third-order valence-electron chi connectivity index (χ3n) is 4.33. The molecule has 9 heteroatoms. The van der Waals surface area contributed by atoms with E-state index in [-0.39, 0.29) is 12.5 Å². The first-order valence-corrected chi connectivity index (χ1v) is 9.93. The van der Waals surface area contributed by atoms with Gasteiger partial charge in [-0.3, -0.25) is 9.78 Å². The van der Waals surface area contributed by atoms with Gasteiger partial charge in [0, 0.05) is 36.3 Å². The van der Waals surface area contributed by atoms with Crippen LogP contribution in [0.5, 0.6) is 5.75 Å². The molecule has 3 heterocycles. The molecule has 148 valence electrons. The number of hydrogen-bond donors (Lipinski definition) is 1. The molecule has 0 radical (unpaired) electrons. The van der Waals surface area contributed by atoms with Gasteiger partial charge in [0.25, 0.3) is 0 Å². The number of imidazole rings is 1. The molecule has 1 aromatic carbocycles. The number of rotatable bonds is 7. The molecule has 0 aliphatic heterocycles. The molecular formula is C20H20N6O2S. The Hall–Kier alpha value is -3.46. The van der Waals surface area contributed by atoms with E-state index in [4.69, 9.17) is 4.74 Å². The van der Waals surface area contributed by atoms with Crippen molar-refractivity contribution in [2.45, 2.75) is 6.92 Å². The van der Waals surface area contributed by atoms with Gasteiger partial charge in [-0.15, -0.1) is 5.10 Å². The Labute approximate surface area is 171 Å². The number of ether oxygens (including phenoxy) is 1. The minimum Gasteiger partial charge on any atom is -0.497 e. The third kappa shape index (κ3) is 4.19. The molecule has 4 aromatic rings. The van der Waals surface area contributed by atoms with Gasteiger partial charge in [0.2, 0.25) is 16.0 Å². The molecule has 8 nitrogen and oxygen atoms in total. The van der Waals surface area contributed by atoms with E-state index >= 15 is 0 Å². The fraction of sp³-hybridized carbons (Fsp3) is 0.200. The predicted molar refractivity (Wildman–Crippen MR) is 114 cm³/mol. The van der Waals surface area contributed by atoms with Crippen molar-refractivity contribution in [2.24, 2.45) is 0 Å². The van der Waals surface area contributed by atoms with Crippen LogP contribution in [-0.4, -0.2) is 45.7 Å². The first kappa shape index (κ1) is 18.9. The summed E-state index contributed by atoms with van der Waals surface area (Å²) in [7, 11) is 1.60. The Morgan fingerprint density at radius 2 is 2.21 bits per heavy atom. The van der Waals surface area contributed by atoms with Crippen molar-refractivity contribution in [3.63, 3.8) is 0 Å². The smallest absolute Gasteiger partial charge is 0.243 e. The fourth-order valence-corrected chi connectivity index (χ4v) is 3.81. The maximum absolute atomic E-state index is 12.5. The molecule has 0 saturated heterocycles. The molecule has 0 aliphatic rings. The average molecular weight is 408 g/mol. The molecule has 0 atom stereocenters.